The summed E-state index contributed by atoms with van der Waals surface area (Å²) < 4.78 is 6.46. The van der Waals surface area contributed by atoms with E-state index < -0.39 is 4.92 Å². The average molecular weight is 455 g/mol. The molecule has 4 rings (SSSR count). The summed E-state index contributed by atoms with van der Waals surface area (Å²) in [5.41, 5.74) is 3.31. The number of hydrogen-bond donors (Lipinski definition) is 0. The lowest BCUT2D eigenvalue weighted by molar-refractivity contribution is -0.384. The average Bonchev–Trinajstić information content (AvgIpc) is 3.21. The zero-order valence-electron chi connectivity index (χ0n) is 18.2. The molecule has 1 aliphatic rings. The van der Waals surface area contributed by atoms with Crippen LogP contribution in [0.25, 0.3) is 10.2 Å². The van der Waals surface area contributed by atoms with Gasteiger partial charge in [-0.2, -0.15) is 0 Å². The maximum atomic E-state index is 13.5. The highest BCUT2D eigenvalue weighted by Crippen LogP contribution is 2.33. The van der Waals surface area contributed by atoms with Gasteiger partial charge in [-0.15, -0.1) is 0 Å². The van der Waals surface area contributed by atoms with Crippen molar-refractivity contribution < 1.29 is 14.5 Å². The van der Waals surface area contributed by atoms with Crippen LogP contribution < -0.4 is 4.90 Å². The number of thiazole rings is 1. The molecule has 9 heteroatoms. The second-order valence-electron chi connectivity index (χ2n) is 8.00. The zero-order valence-corrected chi connectivity index (χ0v) is 19.1. The summed E-state index contributed by atoms with van der Waals surface area (Å²) in [6, 6.07) is 10.0. The van der Waals surface area contributed by atoms with Crippen LogP contribution in [-0.2, 0) is 4.74 Å². The van der Waals surface area contributed by atoms with E-state index in [4.69, 9.17) is 9.72 Å². The number of amides is 1. The van der Waals surface area contributed by atoms with Gasteiger partial charge in [0.2, 0.25) is 0 Å². The smallest absolute Gasteiger partial charge is 0.270 e. The molecule has 0 radical (unpaired) electrons. The fraction of sp³-hybridized carbons (Fsp3) is 0.391. The molecule has 0 saturated carbocycles. The van der Waals surface area contributed by atoms with Gasteiger partial charge in [0.15, 0.2) is 5.13 Å². The number of non-ortho nitro benzene ring substituents is 1. The molecule has 2 aromatic carbocycles. The number of aryl methyl sites for hydroxylation is 2. The lowest BCUT2D eigenvalue weighted by Gasteiger charge is -2.27. The highest BCUT2D eigenvalue weighted by atomic mass is 32.1. The standard InChI is InChI=1S/C23H26N4O4S/c1-16-13-17(2)21-20(14-16)24-23(32-21)26(8-4-7-25-9-11-31-12-10-25)22(28)18-5-3-6-19(15-18)27(29)30/h3,5-6,13-15H,4,7-12H2,1-2H3. The van der Waals surface area contributed by atoms with Crippen LogP contribution >= 0.6 is 11.3 Å². The molecule has 0 unspecified atom stereocenters. The Bertz CT molecular complexity index is 1140. The Morgan fingerprint density at radius 2 is 2.03 bits per heavy atom. The third-order valence-electron chi connectivity index (χ3n) is 5.55. The second kappa shape index (κ2) is 9.72. The van der Waals surface area contributed by atoms with E-state index in [9.17, 15) is 14.9 Å². The van der Waals surface area contributed by atoms with Crippen molar-refractivity contribution in [1.82, 2.24) is 9.88 Å². The van der Waals surface area contributed by atoms with Gasteiger partial charge in [0.25, 0.3) is 11.6 Å². The van der Waals surface area contributed by atoms with Gasteiger partial charge in [0.05, 0.1) is 28.4 Å². The van der Waals surface area contributed by atoms with Crippen molar-refractivity contribution in [3.63, 3.8) is 0 Å². The Morgan fingerprint density at radius 1 is 1.25 bits per heavy atom. The van der Waals surface area contributed by atoms with E-state index in [1.54, 1.807) is 17.0 Å². The SMILES string of the molecule is Cc1cc(C)c2sc(N(CCCN3CCOCC3)C(=O)c3cccc([N+](=O)[O-])c3)nc2c1. The third-order valence-corrected chi connectivity index (χ3v) is 6.78. The molecule has 1 saturated heterocycles. The van der Waals surface area contributed by atoms with Crippen LogP contribution in [-0.4, -0.2) is 60.1 Å². The number of nitrogens with zero attached hydrogens (tertiary/aromatic N) is 4. The lowest BCUT2D eigenvalue weighted by atomic mass is 10.1. The van der Waals surface area contributed by atoms with Crippen LogP contribution in [0.15, 0.2) is 36.4 Å². The Hall–Kier alpha value is -2.88. The number of carbonyl (C=O) groups excluding carboxylic acids is 1. The van der Waals surface area contributed by atoms with Gasteiger partial charge in [-0.05, 0) is 43.5 Å². The predicted octanol–water partition coefficient (Wildman–Crippen LogP) is 4.19. The number of nitro groups is 1. The van der Waals surface area contributed by atoms with Gasteiger partial charge in [-0.3, -0.25) is 24.7 Å². The number of benzene rings is 2. The summed E-state index contributed by atoms with van der Waals surface area (Å²) in [6.45, 7) is 8.64. The normalized spacial score (nSPS) is 14.6. The van der Waals surface area contributed by atoms with Crippen molar-refractivity contribution in [1.29, 1.82) is 0 Å². The number of aromatic nitrogens is 1. The van der Waals surface area contributed by atoms with Gasteiger partial charge >= 0.3 is 0 Å². The van der Waals surface area contributed by atoms with Crippen molar-refractivity contribution in [3.05, 3.63) is 63.2 Å². The van der Waals surface area contributed by atoms with Gasteiger partial charge in [-0.25, -0.2) is 4.98 Å². The molecule has 1 amide bonds. The minimum Gasteiger partial charge on any atom is -0.379 e. The first-order chi connectivity index (χ1) is 15.4. The van der Waals surface area contributed by atoms with Crippen LogP contribution in [0.5, 0.6) is 0 Å². The van der Waals surface area contributed by atoms with E-state index in [0.717, 1.165) is 60.6 Å². The summed E-state index contributed by atoms with van der Waals surface area (Å²) in [7, 11) is 0. The van der Waals surface area contributed by atoms with Crippen molar-refractivity contribution in [3.8, 4) is 0 Å². The van der Waals surface area contributed by atoms with Crippen LogP contribution in [0, 0.1) is 24.0 Å². The van der Waals surface area contributed by atoms with Gasteiger partial charge in [0, 0.05) is 43.9 Å². The minimum absolute atomic E-state index is 0.0973. The number of anilines is 1. The molecule has 3 aromatic rings. The Balaban J connectivity index is 1.63. The quantitative estimate of drug-likeness (QED) is 0.393. The van der Waals surface area contributed by atoms with Crippen molar-refractivity contribution in [2.45, 2.75) is 20.3 Å². The molecule has 1 fully saturated rings. The molecule has 2 heterocycles. The van der Waals surface area contributed by atoms with Crippen LogP contribution in [0.4, 0.5) is 10.8 Å². The third kappa shape index (κ3) is 4.95. The molecule has 0 N–H and O–H groups in total. The number of morpholine rings is 1. The molecule has 168 valence electrons. The topological polar surface area (TPSA) is 88.8 Å². The first-order valence-corrected chi connectivity index (χ1v) is 11.5. The van der Waals surface area contributed by atoms with E-state index in [1.807, 2.05) is 19.9 Å². The monoisotopic (exact) mass is 454 g/mol. The summed E-state index contributed by atoms with van der Waals surface area (Å²) in [6.07, 6.45) is 0.772. The van der Waals surface area contributed by atoms with Crippen molar-refractivity contribution in [2.24, 2.45) is 0 Å². The number of nitro benzene ring substituents is 1. The van der Waals surface area contributed by atoms with E-state index in [1.165, 1.54) is 23.5 Å². The number of hydrogen-bond acceptors (Lipinski definition) is 7. The molecule has 1 aromatic heterocycles. The number of fused-ring (bicyclic) bond motifs is 1. The molecule has 8 nitrogen and oxygen atoms in total. The Kier molecular flexibility index (Phi) is 6.78. The van der Waals surface area contributed by atoms with Gasteiger partial charge < -0.3 is 4.74 Å². The second-order valence-corrected chi connectivity index (χ2v) is 8.98. The highest BCUT2D eigenvalue weighted by molar-refractivity contribution is 7.22. The summed E-state index contributed by atoms with van der Waals surface area (Å²) in [4.78, 5) is 32.9. The fourth-order valence-corrected chi connectivity index (χ4v) is 4.99. The number of carbonyl (C=O) groups is 1. The van der Waals surface area contributed by atoms with E-state index in [0.29, 0.717) is 11.7 Å². The fourth-order valence-electron chi connectivity index (χ4n) is 3.95. The van der Waals surface area contributed by atoms with Crippen LogP contribution in [0.2, 0.25) is 0 Å². The molecule has 32 heavy (non-hydrogen) atoms. The molecular weight excluding hydrogens is 428 g/mol. The zero-order chi connectivity index (χ0) is 22.7. The van der Waals surface area contributed by atoms with Crippen molar-refractivity contribution in [2.75, 3.05) is 44.3 Å². The largest absolute Gasteiger partial charge is 0.379 e. The van der Waals surface area contributed by atoms with Gasteiger partial charge in [0.1, 0.15) is 0 Å². The summed E-state index contributed by atoms with van der Waals surface area (Å²) in [5, 5.41) is 11.8. The molecular formula is C23H26N4O4S. The predicted molar refractivity (Wildman–Crippen MR) is 126 cm³/mol. The summed E-state index contributed by atoms with van der Waals surface area (Å²) >= 11 is 1.49. The molecule has 0 spiro atoms. The number of rotatable bonds is 7. The lowest BCUT2D eigenvalue weighted by Crippen LogP contribution is -2.39. The maximum absolute atomic E-state index is 13.5. The van der Waals surface area contributed by atoms with Crippen LogP contribution in [0.1, 0.15) is 27.9 Å². The van der Waals surface area contributed by atoms with Crippen LogP contribution in [0.3, 0.4) is 0 Å². The van der Waals surface area contributed by atoms with Gasteiger partial charge in [-0.1, -0.05) is 23.5 Å². The minimum atomic E-state index is -0.483. The molecule has 0 bridgehead atoms. The Morgan fingerprint density at radius 3 is 2.78 bits per heavy atom. The highest BCUT2D eigenvalue weighted by Gasteiger charge is 2.23. The van der Waals surface area contributed by atoms with E-state index >= 15 is 0 Å². The maximum Gasteiger partial charge on any atom is 0.270 e. The first kappa shape index (κ1) is 22.3. The molecule has 1 aliphatic heterocycles. The van der Waals surface area contributed by atoms with E-state index in [-0.39, 0.29) is 17.2 Å². The van der Waals surface area contributed by atoms with Crippen molar-refractivity contribution >= 4 is 38.3 Å². The van der Waals surface area contributed by atoms with E-state index in [2.05, 4.69) is 11.0 Å². The molecule has 0 aliphatic carbocycles. The number of ether oxygens (including phenoxy) is 1. The Labute approximate surface area is 190 Å². The first-order valence-electron chi connectivity index (χ1n) is 10.7. The molecule has 0 atom stereocenters. The summed E-state index contributed by atoms with van der Waals surface area (Å²) in [5.74, 6) is -0.274.